The highest BCUT2D eigenvalue weighted by Crippen LogP contribution is 2.47. The molecule has 2 N–H and O–H groups in total. The van der Waals surface area contributed by atoms with Crippen LogP contribution in [0.1, 0.15) is 43.2 Å². The number of fused-ring (bicyclic) bond motifs is 5. The summed E-state index contributed by atoms with van der Waals surface area (Å²) >= 11 is 0. The second-order valence-corrected chi connectivity index (χ2v) is 8.85. The third kappa shape index (κ3) is 6.19. The third-order valence-corrected chi connectivity index (χ3v) is 5.90. The average molecular weight is 572 g/mol. The van der Waals surface area contributed by atoms with Crippen LogP contribution in [0, 0.1) is 0 Å². The molecule has 1 amide bonds. The lowest BCUT2D eigenvalue weighted by atomic mass is 9.95. The molecule has 1 unspecified atom stereocenters. The predicted octanol–water partition coefficient (Wildman–Crippen LogP) is 6.72. The molecule has 15 heteroatoms. The number of carboxylic acid groups (broad SMARTS) is 1. The minimum Gasteiger partial charge on any atom is -0.474 e. The molecule has 1 aliphatic rings. The van der Waals surface area contributed by atoms with Gasteiger partial charge in [0.25, 0.3) is 11.8 Å². The number of anilines is 1. The van der Waals surface area contributed by atoms with E-state index in [4.69, 9.17) is 13.9 Å². The van der Waals surface area contributed by atoms with E-state index in [1.54, 1.807) is 35.6 Å². The molecule has 3 aromatic rings. The van der Waals surface area contributed by atoms with Crippen LogP contribution in [0.15, 0.2) is 53.0 Å². The highest BCUT2D eigenvalue weighted by Gasteiger charge is 2.61. The lowest BCUT2D eigenvalue weighted by molar-refractivity contribution is -0.299. The molecular weight excluding hydrogens is 550 g/mol. The molecule has 0 saturated heterocycles. The van der Waals surface area contributed by atoms with E-state index in [1.807, 2.05) is 0 Å². The second kappa shape index (κ2) is 11.2. The Morgan fingerprint density at radius 2 is 1.88 bits per heavy atom. The van der Waals surface area contributed by atoms with Crippen molar-refractivity contribution in [3.63, 3.8) is 0 Å². The third-order valence-electron chi connectivity index (χ3n) is 5.90. The van der Waals surface area contributed by atoms with Gasteiger partial charge in [0.15, 0.2) is 5.69 Å². The van der Waals surface area contributed by atoms with E-state index in [0.29, 0.717) is 11.6 Å². The summed E-state index contributed by atoms with van der Waals surface area (Å²) < 4.78 is 102. The summed E-state index contributed by atoms with van der Waals surface area (Å²) in [6, 6.07) is 8.43. The van der Waals surface area contributed by atoms with Gasteiger partial charge in [0.05, 0.1) is 12.3 Å². The normalized spacial score (nSPS) is 20.7. The minimum absolute atomic E-state index is 0.0335. The number of rotatable bonds is 4. The molecular formula is C25H22F6N4O5. The first-order valence-electron chi connectivity index (χ1n) is 11.8. The van der Waals surface area contributed by atoms with E-state index in [1.165, 1.54) is 19.1 Å². The fourth-order valence-electron chi connectivity index (χ4n) is 3.94. The molecule has 4 rings (SSSR count). The van der Waals surface area contributed by atoms with Crippen molar-refractivity contribution in [2.75, 3.05) is 5.32 Å². The molecule has 0 saturated carbocycles. The molecule has 0 fully saturated rings. The molecule has 1 aliphatic heterocycles. The summed E-state index contributed by atoms with van der Waals surface area (Å²) in [6.45, 7) is 0.954. The van der Waals surface area contributed by atoms with E-state index in [2.05, 4.69) is 15.2 Å². The molecule has 2 aromatic heterocycles. The van der Waals surface area contributed by atoms with Gasteiger partial charge in [0.1, 0.15) is 11.7 Å². The van der Waals surface area contributed by atoms with Crippen molar-refractivity contribution >= 4 is 11.8 Å². The van der Waals surface area contributed by atoms with Gasteiger partial charge in [0.2, 0.25) is 11.5 Å². The fraction of sp³-hybridized carbons (Fsp3) is 0.360. The number of halogens is 6. The number of alkyl halides is 6. The Balaban J connectivity index is 1.91. The van der Waals surface area contributed by atoms with E-state index >= 15 is 0 Å². The maximum atomic E-state index is 14.7. The maximum absolute atomic E-state index is 14.7. The monoisotopic (exact) mass is 572 g/mol. The van der Waals surface area contributed by atoms with Crippen molar-refractivity contribution in [2.45, 2.75) is 56.9 Å². The van der Waals surface area contributed by atoms with Crippen LogP contribution in [0.3, 0.4) is 0 Å². The molecule has 214 valence electrons. The Hall–Kier alpha value is -4.14. The lowest BCUT2D eigenvalue weighted by Crippen LogP contribution is -2.45. The molecule has 9 nitrogen and oxygen atoms in total. The van der Waals surface area contributed by atoms with Crippen LogP contribution in [0.4, 0.5) is 36.8 Å². The van der Waals surface area contributed by atoms with Gasteiger partial charge in [-0.05, 0) is 31.4 Å². The first kappa shape index (κ1) is 28.9. The van der Waals surface area contributed by atoms with E-state index in [0.717, 1.165) is 0 Å². The van der Waals surface area contributed by atoms with Crippen molar-refractivity contribution in [1.29, 1.82) is 0 Å². The molecule has 0 radical (unpaired) electrons. The molecule has 40 heavy (non-hydrogen) atoms. The van der Waals surface area contributed by atoms with Crippen molar-refractivity contribution < 1.29 is 50.1 Å². The van der Waals surface area contributed by atoms with Gasteiger partial charge in [-0.3, -0.25) is 5.32 Å². The first-order chi connectivity index (χ1) is 18.8. The van der Waals surface area contributed by atoms with Gasteiger partial charge in [0, 0.05) is 6.42 Å². The number of nitrogens with one attached hydrogen (secondary N) is 1. The van der Waals surface area contributed by atoms with Crippen LogP contribution in [-0.2, 0) is 23.1 Å². The highest BCUT2D eigenvalue weighted by atomic mass is 19.4. The Bertz CT molecular complexity index is 1380. The average Bonchev–Trinajstić information content (AvgIpc) is 3.35. The summed E-state index contributed by atoms with van der Waals surface area (Å²) in [4.78, 5) is 15.1. The molecule has 4 bridgehead atoms. The summed E-state index contributed by atoms with van der Waals surface area (Å²) in [7, 11) is 0. The Morgan fingerprint density at radius 3 is 2.52 bits per heavy atom. The number of hydrogen-bond donors (Lipinski definition) is 2. The van der Waals surface area contributed by atoms with Crippen LogP contribution < -0.4 is 10.1 Å². The van der Waals surface area contributed by atoms with Gasteiger partial charge in [-0.25, -0.2) is 9.78 Å². The number of nitrogens with zero attached hydrogens (tertiary/aromatic N) is 3. The number of carbonyl (C=O) groups is 1. The number of aromatic nitrogens is 3. The molecule has 1 aromatic carbocycles. The standard InChI is InChI=1S/C25H22F6N4O5/c1-14-8-4-3-7-11-23(25(29,30)31,38-13-15-9-5-2-6-10-15)21-35-34-20(40-21)18-17(32-22(36)37)12-16(24(26,27)28)19(33-18)39-14/h2-6,9-10,12,14,32H,7-8,11,13H2,1H3,(H,36,37)/b4-3-/t14-,23?/m1/s1. The van der Waals surface area contributed by atoms with Crippen LogP contribution in [0.5, 0.6) is 5.88 Å². The van der Waals surface area contributed by atoms with Crippen molar-refractivity contribution in [3.8, 4) is 17.5 Å². The summed E-state index contributed by atoms with van der Waals surface area (Å²) in [5.41, 5.74) is -5.53. The zero-order valence-corrected chi connectivity index (χ0v) is 20.7. The Labute approximate surface area is 222 Å². The zero-order valence-electron chi connectivity index (χ0n) is 20.7. The number of ether oxygens (including phenoxy) is 2. The summed E-state index contributed by atoms with van der Waals surface area (Å²) in [6.07, 6.45) is -10.7. The fourth-order valence-corrected chi connectivity index (χ4v) is 3.94. The van der Waals surface area contributed by atoms with Gasteiger partial charge < -0.3 is 19.0 Å². The van der Waals surface area contributed by atoms with Gasteiger partial charge in [-0.15, -0.1) is 10.2 Å². The van der Waals surface area contributed by atoms with E-state index in [9.17, 15) is 36.2 Å². The van der Waals surface area contributed by atoms with Crippen LogP contribution >= 0.6 is 0 Å². The number of amides is 1. The second-order valence-electron chi connectivity index (χ2n) is 8.85. The van der Waals surface area contributed by atoms with Crippen LogP contribution in [0.25, 0.3) is 11.6 Å². The summed E-state index contributed by atoms with van der Waals surface area (Å²) in [5, 5.41) is 18.0. The number of benzene rings is 1. The smallest absolute Gasteiger partial charge is 0.426 e. The maximum Gasteiger partial charge on any atom is 0.426 e. The molecule has 3 heterocycles. The van der Waals surface area contributed by atoms with Crippen molar-refractivity contribution in [3.05, 3.63) is 65.6 Å². The largest absolute Gasteiger partial charge is 0.474 e. The topological polar surface area (TPSA) is 120 Å². The van der Waals surface area contributed by atoms with E-state index < -0.39 is 77.8 Å². The predicted molar refractivity (Wildman–Crippen MR) is 126 cm³/mol. The van der Waals surface area contributed by atoms with Gasteiger partial charge in [-0.1, -0.05) is 42.5 Å². The molecule has 0 aliphatic carbocycles. The Morgan fingerprint density at radius 1 is 1.15 bits per heavy atom. The lowest BCUT2D eigenvalue weighted by Gasteiger charge is -2.32. The van der Waals surface area contributed by atoms with Gasteiger partial charge in [-0.2, -0.15) is 26.3 Å². The number of pyridine rings is 1. The number of hydrogen-bond acceptors (Lipinski definition) is 7. The quantitative estimate of drug-likeness (QED) is 0.261. The Kier molecular flexibility index (Phi) is 8.05. The minimum atomic E-state index is -5.08. The highest BCUT2D eigenvalue weighted by molar-refractivity contribution is 5.88. The van der Waals surface area contributed by atoms with Crippen LogP contribution in [-0.4, -0.2) is 38.7 Å². The first-order valence-corrected chi connectivity index (χ1v) is 11.8. The number of allylic oxidation sites excluding steroid dienone is 1. The van der Waals surface area contributed by atoms with Crippen molar-refractivity contribution in [1.82, 2.24) is 15.2 Å². The SMILES string of the molecule is C[C@@H]1C/C=C\CCC(OCc2ccccc2)(C(F)(F)F)c2nnc(o2)-c2nc(c(C(F)(F)F)cc2NC(=O)O)O1. The molecule has 2 atom stereocenters. The van der Waals surface area contributed by atoms with E-state index in [-0.39, 0.29) is 12.8 Å². The van der Waals surface area contributed by atoms with Crippen molar-refractivity contribution in [2.24, 2.45) is 0 Å². The van der Waals surface area contributed by atoms with Crippen LogP contribution in [0.2, 0.25) is 0 Å². The molecule has 0 spiro atoms. The van der Waals surface area contributed by atoms with Gasteiger partial charge >= 0.3 is 18.4 Å². The summed E-state index contributed by atoms with van der Waals surface area (Å²) in [5.74, 6) is -2.76. The zero-order chi connectivity index (χ0) is 29.1.